The lowest BCUT2D eigenvalue weighted by Crippen LogP contribution is -2.02. The van der Waals surface area contributed by atoms with Gasteiger partial charge in [-0.05, 0) is 6.07 Å². The number of nitro benzene ring substituents is 1. The topological polar surface area (TPSA) is 52.4 Å². The lowest BCUT2D eigenvalue weighted by molar-refractivity contribution is -0.387. The molecule has 0 aromatic heterocycles. The zero-order valence-electron chi connectivity index (χ0n) is 10.4. The van der Waals surface area contributed by atoms with Crippen LogP contribution < -0.4 is 4.74 Å². The Kier molecular flexibility index (Phi) is 4.68. The monoisotopic (exact) mass is 339 g/mol. The summed E-state index contributed by atoms with van der Waals surface area (Å²) in [5.41, 5.74) is 0.543. The summed E-state index contributed by atoms with van der Waals surface area (Å²) in [5.74, 6) is -0.232. The molecule has 0 spiro atoms. The Balaban J connectivity index is 2.19. The number of hydrogen-bond acceptors (Lipinski definition) is 3. The van der Waals surface area contributed by atoms with Crippen molar-refractivity contribution in [3.8, 4) is 5.75 Å². The third kappa shape index (κ3) is 3.14. The van der Waals surface area contributed by atoms with Crippen LogP contribution in [0.1, 0.15) is 11.1 Å². The van der Waals surface area contributed by atoms with Crippen LogP contribution in [0.25, 0.3) is 0 Å². The van der Waals surface area contributed by atoms with Crippen molar-refractivity contribution in [2.45, 2.75) is 11.9 Å². The molecule has 0 fully saturated rings. The van der Waals surface area contributed by atoms with Gasteiger partial charge in [-0.15, -0.1) is 0 Å². The second-order valence-corrected chi connectivity index (χ2v) is 4.60. The highest BCUT2D eigenvalue weighted by molar-refractivity contribution is 9.08. The average molecular weight is 340 g/mol. The van der Waals surface area contributed by atoms with Crippen LogP contribution in [0, 0.1) is 15.9 Å². The zero-order valence-corrected chi connectivity index (χ0v) is 12.0. The number of benzene rings is 2. The Morgan fingerprint density at radius 3 is 2.55 bits per heavy atom. The lowest BCUT2D eigenvalue weighted by Gasteiger charge is -2.10. The number of para-hydroxylation sites is 1. The van der Waals surface area contributed by atoms with Gasteiger partial charge in [-0.2, -0.15) is 4.39 Å². The minimum atomic E-state index is -0.853. The van der Waals surface area contributed by atoms with Gasteiger partial charge in [-0.3, -0.25) is 10.1 Å². The Morgan fingerprint density at radius 2 is 1.85 bits per heavy atom. The molecule has 0 heterocycles. The maximum atomic E-state index is 13.9. The third-order valence-corrected chi connectivity index (χ3v) is 3.36. The SMILES string of the molecule is O=[N+]([O-])c1cccc(COc2ccccc2CBr)c1F. The molecule has 0 aliphatic carbocycles. The van der Waals surface area contributed by atoms with E-state index >= 15 is 0 Å². The van der Waals surface area contributed by atoms with Crippen molar-refractivity contribution in [1.29, 1.82) is 0 Å². The van der Waals surface area contributed by atoms with Crippen molar-refractivity contribution in [2.75, 3.05) is 0 Å². The zero-order chi connectivity index (χ0) is 14.5. The molecule has 104 valence electrons. The molecule has 0 radical (unpaired) electrons. The summed E-state index contributed by atoms with van der Waals surface area (Å²) in [6.07, 6.45) is 0. The quantitative estimate of drug-likeness (QED) is 0.465. The van der Waals surface area contributed by atoms with Gasteiger partial charge in [0.2, 0.25) is 5.82 Å². The summed E-state index contributed by atoms with van der Waals surface area (Å²) in [6, 6.07) is 11.4. The van der Waals surface area contributed by atoms with Crippen molar-refractivity contribution in [1.82, 2.24) is 0 Å². The molecular formula is C14H11BrFNO3. The highest BCUT2D eigenvalue weighted by Gasteiger charge is 2.17. The van der Waals surface area contributed by atoms with E-state index in [0.29, 0.717) is 11.1 Å². The molecule has 0 atom stereocenters. The lowest BCUT2D eigenvalue weighted by atomic mass is 10.2. The van der Waals surface area contributed by atoms with Gasteiger partial charge in [0.1, 0.15) is 12.4 Å². The minimum Gasteiger partial charge on any atom is -0.488 e. The van der Waals surface area contributed by atoms with E-state index in [4.69, 9.17) is 4.74 Å². The molecule has 0 unspecified atom stereocenters. The highest BCUT2D eigenvalue weighted by atomic mass is 79.9. The fourth-order valence-corrected chi connectivity index (χ4v) is 2.19. The first-order chi connectivity index (χ1) is 9.63. The van der Waals surface area contributed by atoms with E-state index in [9.17, 15) is 14.5 Å². The predicted octanol–water partition coefficient (Wildman–Crippen LogP) is 4.21. The Bertz CT molecular complexity index is 634. The largest absolute Gasteiger partial charge is 0.488 e. The molecule has 20 heavy (non-hydrogen) atoms. The number of hydrogen-bond donors (Lipinski definition) is 0. The number of nitrogens with zero attached hydrogens (tertiary/aromatic N) is 1. The van der Waals surface area contributed by atoms with Gasteiger partial charge in [0, 0.05) is 22.5 Å². The van der Waals surface area contributed by atoms with Crippen LogP contribution in [-0.4, -0.2) is 4.92 Å². The van der Waals surface area contributed by atoms with Crippen molar-refractivity contribution < 1.29 is 14.1 Å². The van der Waals surface area contributed by atoms with E-state index in [2.05, 4.69) is 15.9 Å². The number of alkyl halides is 1. The van der Waals surface area contributed by atoms with Gasteiger partial charge in [0.05, 0.1) is 4.92 Å². The van der Waals surface area contributed by atoms with Crippen molar-refractivity contribution in [2.24, 2.45) is 0 Å². The van der Waals surface area contributed by atoms with E-state index in [-0.39, 0.29) is 12.2 Å². The molecule has 6 heteroatoms. The van der Waals surface area contributed by atoms with Gasteiger partial charge < -0.3 is 4.74 Å². The van der Waals surface area contributed by atoms with E-state index in [1.165, 1.54) is 12.1 Å². The van der Waals surface area contributed by atoms with E-state index in [0.717, 1.165) is 11.6 Å². The van der Waals surface area contributed by atoms with Gasteiger partial charge >= 0.3 is 5.69 Å². The molecular weight excluding hydrogens is 329 g/mol. The first-order valence-electron chi connectivity index (χ1n) is 5.82. The molecule has 0 saturated carbocycles. The van der Waals surface area contributed by atoms with Gasteiger partial charge in [0.15, 0.2) is 0 Å². The summed E-state index contributed by atoms with van der Waals surface area (Å²) >= 11 is 3.34. The third-order valence-electron chi connectivity index (χ3n) is 2.75. The molecule has 2 aromatic carbocycles. The maximum Gasteiger partial charge on any atom is 0.305 e. The van der Waals surface area contributed by atoms with E-state index < -0.39 is 16.4 Å². The Hall–Kier alpha value is -1.95. The highest BCUT2D eigenvalue weighted by Crippen LogP contribution is 2.24. The summed E-state index contributed by atoms with van der Waals surface area (Å²) < 4.78 is 19.4. The second kappa shape index (κ2) is 6.47. The number of nitro groups is 1. The fraction of sp³-hybridized carbons (Fsp3) is 0.143. The van der Waals surface area contributed by atoms with Crippen LogP contribution >= 0.6 is 15.9 Å². The van der Waals surface area contributed by atoms with E-state index in [1.807, 2.05) is 18.2 Å². The molecule has 2 rings (SSSR count). The van der Waals surface area contributed by atoms with Gasteiger partial charge in [-0.25, -0.2) is 0 Å². The van der Waals surface area contributed by atoms with Crippen LogP contribution in [0.15, 0.2) is 42.5 Å². The molecule has 0 aliphatic rings. The van der Waals surface area contributed by atoms with E-state index in [1.54, 1.807) is 6.07 Å². The first-order valence-corrected chi connectivity index (χ1v) is 6.94. The second-order valence-electron chi connectivity index (χ2n) is 4.04. The molecule has 0 amide bonds. The van der Waals surface area contributed by atoms with Crippen LogP contribution in [0.5, 0.6) is 5.75 Å². The molecule has 0 N–H and O–H groups in total. The van der Waals surface area contributed by atoms with Gasteiger partial charge in [0.25, 0.3) is 0 Å². The summed E-state index contributed by atoms with van der Waals surface area (Å²) in [7, 11) is 0. The van der Waals surface area contributed by atoms with Crippen molar-refractivity contribution in [3.63, 3.8) is 0 Å². The summed E-state index contributed by atoms with van der Waals surface area (Å²) in [5, 5.41) is 11.3. The smallest absolute Gasteiger partial charge is 0.305 e. The molecule has 0 saturated heterocycles. The van der Waals surface area contributed by atoms with Crippen molar-refractivity contribution in [3.05, 3.63) is 69.5 Å². The van der Waals surface area contributed by atoms with Crippen molar-refractivity contribution >= 4 is 21.6 Å². The molecule has 0 bridgehead atoms. The Labute approximate surface area is 123 Å². The number of ether oxygens (including phenoxy) is 1. The summed E-state index contributed by atoms with van der Waals surface area (Å²) in [6.45, 7) is -0.0580. The number of halogens is 2. The summed E-state index contributed by atoms with van der Waals surface area (Å²) in [4.78, 5) is 9.92. The molecule has 4 nitrogen and oxygen atoms in total. The predicted molar refractivity (Wildman–Crippen MR) is 76.5 cm³/mol. The minimum absolute atomic E-state index is 0.0580. The molecule has 0 aliphatic heterocycles. The van der Waals surface area contributed by atoms with Crippen LogP contribution in [0.4, 0.5) is 10.1 Å². The standard InChI is InChI=1S/C14H11BrFNO3/c15-8-10-4-1-2-7-13(10)20-9-11-5-3-6-12(14(11)16)17(18)19/h1-7H,8-9H2. The maximum absolute atomic E-state index is 13.9. The van der Waals surface area contributed by atoms with Crippen LogP contribution in [0.2, 0.25) is 0 Å². The average Bonchev–Trinajstić information content (AvgIpc) is 2.46. The normalized spacial score (nSPS) is 10.3. The van der Waals surface area contributed by atoms with Crippen LogP contribution in [0.3, 0.4) is 0 Å². The Morgan fingerprint density at radius 1 is 1.15 bits per heavy atom. The van der Waals surface area contributed by atoms with Gasteiger partial charge in [-0.1, -0.05) is 46.3 Å². The number of rotatable bonds is 5. The van der Waals surface area contributed by atoms with Crippen LogP contribution in [-0.2, 0) is 11.9 Å². The fourth-order valence-electron chi connectivity index (χ4n) is 1.73. The molecule has 2 aromatic rings. The first kappa shape index (κ1) is 14.5.